The highest BCUT2D eigenvalue weighted by Crippen LogP contribution is 2.32. The highest BCUT2D eigenvalue weighted by atomic mass is 19.4. The van der Waals surface area contributed by atoms with Crippen LogP contribution in [0.1, 0.15) is 17.2 Å². The molecule has 0 aliphatic carbocycles. The molecule has 0 aliphatic rings. The first-order chi connectivity index (χ1) is 6.84. The normalized spacial score (nSPS) is 14.0. The second-order valence-corrected chi connectivity index (χ2v) is 3.01. The Balaban J connectivity index is 3.17. The first-order valence-electron chi connectivity index (χ1n) is 4.04. The Bertz CT molecular complexity index is 350. The second kappa shape index (κ2) is 4.16. The third-order valence-corrected chi connectivity index (χ3v) is 1.83. The molecule has 1 atom stereocenters. The lowest BCUT2D eigenvalue weighted by Gasteiger charge is -2.19. The minimum atomic E-state index is -4.65. The number of hydrogen-bond acceptors (Lipinski definition) is 1. The van der Waals surface area contributed by atoms with Crippen LogP contribution in [0, 0.1) is 5.82 Å². The lowest BCUT2D eigenvalue weighted by Crippen LogP contribution is -2.08. The zero-order chi connectivity index (χ0) is 11.6. The molecule has 0 radical (unpaired) electrons. The van der Waals surface area contributed by atoms with Gasteiger partial charge in [-0.3, -0.25) is 0 Å². The van der Waals surface area contributed by atoms with E-state index in [1.807, 2.05) is 0 Å². The first kappa shape index (κ1) is 11.9. The molecule has 84 valence electrons. The highest BCUT2D eigenvalue weighted by Gasteiger charge is 2.31. The van der Waals surface area contributed by atoms with Crippen LogP contribution < -0.4 is 0 Å². The van der Waals surface area contributed by atoms with E-state index < -0.39 is 30.2 Å². The summed E-state index contributed by atoms with van der Waals surface area (Å²) in [6.07, 6.45) is -4.65. The summed E-state index contributed by atoms with van der Waals surface area (Å²) in [5.74, 6) is -1.06. The minimum absolute atomic E-state index is 0.190. The Labute approximate surface area is 83.3 Å². The van der Waals surface area contributed by atoms with Crippen molar-refractivity contribution in [3.8, 4) is 0 Å². The van der Waals surface area contributed by atoms with Crippen LogP contribution in [-0.2, 0) is 6.18 Å². The molecular formula is C9H8F4NO-. The fraction of sp³-hybridized carbons (Fsp3) is 0.333. The molecule has 0 saturated heterocycles. The molecule has 15 heavy (non-hydrogen) atoms. The van der Waals surface area contributed by atoms with Gasteiger partial charge in [-0.1, -0.05) is 11.6 Å². The van der Waals surface area contributed by atoms with Crippen molar-refractivity contribution in [3.05, 3.63) is 40.9 Å². The van der Waals surface area contributed by atoms with Crippen molar-refractivity contribution in [2.75, 3.05) is 6.61 Å². The van der Waals surface area contributed by atoms with Gasteiger partial charge in [0.15, 0.2) is 0 Å². The summed E-state index contributed by atoms with van der Waals surface area (Å²) in [5.41, 5.74) is 5.84. The van der Waals surface area contributed by atoms with E-state index >= 15 is 0 Å². The summed E-state index contributed by atoms with van der Waals surface area (Å²) in [6, 6.07) is 0.565. The van der Waals surface area contributed by atoms with Crippen molar-refractivity contribution in [2.45, 2.75) is 12.2 Å². The average Bonchev–Trinajstić information content (AvgIpc) is 2.14. The molecule has 0 amide bonds. The van der Waals surface area contributed by atoms with E-state index in [-0.39, 0.29) is 5.56 Å². The quantitative estimate of drug-likeness (QED) is 0.768. The SMILES string of the molecule is [NH-]C(CO)c1cc(F)cc(C(F)(F)F)c1. The Hall–Kier alpha value is -1.14. The predicted octanol–water partition coefficient (Wildman–Crippen LogP) is 2.93. The third-order valence-electron chi connectivity index (χ3n) is 1.83. The standard InChI is InChI=1S/C9H8F4NO/c10-7-2-5(8(14)4-15)1-6(3-7)9(11,12)13/h1-3,8,14-15H,4H2/q-1. The van der Waals surface area contributed by atoms with Gasteiger partial charge in [0.25, 0.3) is 0 Å². The van der Waals surface area contributed by atoms with Crippen LogP contribution in [0.15, 0.2) is 18.2 Å². The molecule has 2 N–H and O–H groups in total. The van der Waals surface area contributed by atoms with Crippen molar-refractivity contribution in [3.63, 3.8) is 0 Å². The molecule has 0 aliphatic heterocycles. The summed E-state index contributed by atoms with van der Waals surface area (Å²) in [4.78, 5) is 0. The predicted molar refractivity (Wildman–Crippen MR) is 45.6 cm³/mol. The summed E-state index contributed by atoms with van der Waals surface area (Å²) < 4.78 is 49.5. The van der Waals surface area contributed by atoms with Crippen molar-refractivity contribution < 1.29 is 22.7 Å². The van der Waals surface area contributed by atoms with Crippen LogP contribution in [0.5, 0.6) is 0 Å². The molecule has 1 rings (SSSR count). The van der Waals surface area contributed by atoms with Crippen molar-refractivity contribution in [1.82, 2.24) is 0 Å². The molecule has 1 aromatic rings. The van der Waals surface area contributed by atoms with Crippen LogP contribution in [0.4, 0.5) is 17.6 Å². The topological polar surface area (TPSA) is 44.0 Å². The number of nitrogens with one attached hydrogen (secondary N) is 1. The molecule has 0 saturated carbocycles. The molecule has 1 unspecified atom stereocenters. The molecular weight excluding hydrogens is 214 g/mol. The van der Waals surface area contributed by atoms with Gasteiger partial charge in [-0.15, -0.1) is 0 Å². The van der Waals surface area contributed by atoms with Crippen LogP contribution >= 0.6 is 0 Å². The fourth-order valence-electron chi connectivity index (χ4n) is 1.08. The van der Waals surface area contributed by atoms with Gasteiger partial charge < -0.3 is 10.8 Å². The number of alkyl halides is 3. The van der Waals surface area contributed by atoms with E-state index in [9.17, 15) is 17.6 Å². The fourth-order valence-corrected chi connectivity index (χ4v) is 1.08. The smallest absolute Gasteiger partial charge is 0.416 e. The van der Waals surface area contributed by atoms with Crippen LogP contribution in [0.2, 0.25) is 0 Å². The number of aliphatic hydroxyl groups is 1. The monoisotopic (exact) mass is 222 g/mol. The molecule has 0 aromatic heterocycles. The molecule has 0 heterocycles. The Kier molecular flexibility index (Phi) is 3.31. The summed E-state index contributed by atoms with van der Waals surface area (Å²) in [6.45, 7) is -0.652. The van der Waals surface area contributed by atoms with Gasteiger partial charge in [0.05, 0.1) is 5.56 Å². The number of aliphatic hydroxyl groups excluding tert-OH is 1. The summed E-state index contributed by atoms with van der Waals surface area (Å²) in [7, 11) is 0. The minimum Gasteiger partial charge on any atom is -0.669 e. The second-order valence-electron chi connectivity index (χ2n) is 3.01. The van der Waals surface area contributed by atoms with Crippen LogP contribution in [0.3, 0.4) is 0 Å². The van der Waals surface area contributed by atoms with Gasteiger partial charge >= 0.3 is 6.18 Å². The maximum Gasteiger partial charge on any atom is 0.416 e. The van der Waals surface area contributed by atoms with Crippen molar-refractivity contribution in [2.24, 2.45) is 0 Å². The average molecular weight is 222 g/mol. The lowest BCUT2D eigenvalue weighted by atomic mass is 10.0. The number of hydrogen-bond donors (Lipinski definition) is 1. The van der Waals surface area contributed by atoms with Crippen molar-refractivity contribution in [1.29, 1.82) is 0 Å². The van der Waals surface area contributed by atoms with E-state index in [0.717, 1.165) is 6.07 Å². The largest absolute Gasteiger partial charge is 0.669 e. The van der Waals surface area contributed by atoms with E-state index in [1.165, 1.54) is 0 Å². The third kappa shape index (κ3) is 2.90. The number of halogens is 4. The molecule has 6 heteroatoms. The zero-order valence-electron chi connectivity index (χ0n) is 7.48. The maximum atomic E-state index is 12.8. The summed E-state index contributed by atoms with van der Waals surface area (Å²) in [5, 5.41) is 8.58. The Morgan fingerprint density at radius 2 is 1.87 bits per heavy atom. The first-order valence-corrected chi connectivity index (χ1v) is 4.04. The summed E-state index contributed by atoms with van der Waals surface area (Å²) >= 11 is 0. The van der Waals surface area contributed by atoms with Crippen LogP contribution in [0.25, 0.3) is 5.73 Å². The highest BCUT2D eigenvalue weighted by molar-refractivity contribution is 5.30. The van der Waals surface area contributed by atoms with Gasteiger partial charge in [-0.2, -0.15) is 13.2 Å². The number of rotatable bonds is 2. The van der Waals surface area contributed by atoms with E-state index in [0.29, 0.717) is 12.1 Å². The number of benzene rings is 1. The molecule has 1 aromatic carbocycles. The zero-order valence-corrected chi connectivity index (χ0v) is 7.48. The van der Waals surface area contributed by atoms with E-state index in [1.54, 1.807) is 0 Å². The van der Waals surface area contributed by atoms with Gasteiger partial charge in [-0.25, -0.2) is 4.39 Å². The van der Waals surface area contributed by atoms with Gasteiger partial charge in [0, 0.05) is 6.61 Å². The Morgan fingerprint density at radius 3 is 2.33 bits per heavy atom. The molecule has 2 nitrogen and oxygen atoms in total. The molecule has 0 bridgehead atoms. The van der Waals surface area contributed by atoms with Crippen molar-refractivity contribution >= 4 is 0 Å². The molecule has 0 fully saturated rings. The van der Waals surface area contributed by atoms with Gasteiger partial charge in [0.2, 0.25) is 0 Å². The van der Waals surface area contributed by atoms with Crippen LogP contribution in [-0.4, -0.2) is 11.7 Å². The van der Waals surface area contributed by atoms with Gasteiger partial charge in [0.1, 0.15) is 5.82 Å². The maximum absolute atomic E-state index is 12.8. The van der Waals surface area contributed by atoms with Gasteiger partial charge in [-0.05, 0) is 18.2 Å². The molecule has 0 spiro atoms. The Morgan fingerprint density at radius 1 is 1.27 bits per heavy atom. The van der Waals surface area contributed by atoms with E-state index in [2.05, 4.69) is 0 Å². The lowest BCUT2D eigenvalue weighted by molar-refractivity contribution is -0.137. The van der Waals surface area contributed by atoms with E-state index in [4.69, 9.17) is 10.8 Å².